The van der Waals surface area contributed by atoms with Crippen LogP contribution in [0.3, 0.4) is 0 Å². The Hall–Kier alpha value is -6.18. The fourth-order valence-corrected chi connectivity index (χ4v) is 13.3. The maximum atomic E-state index is 14.4. The molecule has 0 spiro atoms. The number of halogens is 1. The lowest BCUT2D eigenvalue weighted by Gasteiger charge is -2.42. The number of nitrogens with one attached hydrogen (secondary N) is 2. The van der Waals surface area contributed by atoms with E-state index in [0.717, 1.165) is 33.5 Å². The van der Waals surface area contributed by atoms with Gasteiger partial charge in [-0.25, -0.2) is 19.8 Å². The van der Waals surface area contributed by atoms with Crippen molar-refractivity contribution in [3.8, 4) is 11.5 Å². The zero-order valence-corrected chi connectivity index (χ0v) is 51.1. The summed E-state index contributed by atoms with van der Waals surface area (Å²) < 4.78 is 34.9. The number of likely N-dealkylation sites (N-methyl/N-ethyl adjacent to an activating group) is 1. The van der Waals surface area contributed by atoms with Crippen molar-refractivity contribution >= 4 is 92.2 Å². The number of hydroxylamine groups is 2. The van der Waals surface area contributed by atoms with E-state index < -0.39 is 88.2 Å². The lowest BCUT2D eigenvalue weighted by Crippen LogP contribution is -2.63. The number of aryl methyl sites for hydroxylation is 2. The van der Waals surface area contributed by atoms with Gasteiger partial charge < -0.3 is 48.2 Å². The number of aliphatic hydroxyl groups is 1. The number of carbonyl (C=O) groups is 8. The van der Waals surface area contributed by atoms with Crippen LogP contribution < -0.4 is 25.1 Å². The van der Waals surface area contributed by atoms with Gasteiger partial charge in [-0.1, -0.05) is 63.9 Å². The number of rotatable bonds is 19. The van der Waals surface area contributed by atoms with Crippen molar-refractivity contribution in [3.63, 3.8) is 0 Å². The lowest BCUT2D eigenvalue weighted by molar-refractivity contribution is -0.197. The number of anilines is 1. The third-order valence-electron chi connectivity index (χ3n) is 15.4. The van der Waals surface area contributed by atoms with Crippen LogP contribution in [0, 0.1) is 12.8 Å². The third kappa shape index (κ3) is 15.8. The quantitative estimate of drug-likeness (QED) is 0.0319. The highest BCUT2D eigenvalue weighted by Crippen LogP contribution is 2.49. The summed E-state index contributed by atoms with van der Waals surface area (Å²) in [5.41, 5.74) is 5.17. The average Bonchev–Trinajstić information content (AvgIpc) is 4.08. The number of fused-ring (bicyclic) bond motifs is 6. The van der Waals surface area contributed by atoms with Gasteiger partial charge in [0, 0.05) is 75.3 Å². The first-order valence-electron chi connectivity index (χ1n) is 27.5. The fourth-order valence-electron chi connectivity index (χ4n) is 10.5. The maximum Gasteiger partial charge on any atom is 0.409 e. The topological polar surface area (TPSA) is 271 Å². The Morgan fingerprint density at radius 3 is 2.46 bits per heavy atom. The molecule has 0 radical (unpaired) electrons. The minimum Gasteiger partial charge on any atom is -0.495 e. The molecule has 4 heterocycles. The fraction of sp³-hybridized carbons (Fsp3) is 0.569. The predicted molar refractivity (Wildman–Crippen MR) is 310 cm³/mol. The zero-order valence-electron chi connectivity index (χ0n) is 48.8. The highest BCUT2D eigenvalue weighted by Gasteiger charge is 2.64. The molecule has 22 nitrogen and oxygen atoms in total. The molecule has 3 saturated heterocycles. The predicted octanol–water partition coefficient (Wildman–Crippen LogP) is 7.00. The van der Waals surface area contributed by atoms with E-state index in [0.29, 0.717) is 53.7 Å². The number of alkyl carbamates (subject to hydrolysis) is 1. The van der Waals surface area contributed by atoms with Gasteiger partial charge in [0.1, 0.15) is 46.5 Å². The summed E-state index contributed by atoms with van der Waals surface area (Å²) >= 11 is 6.84. The number of hydrogen-bond donors (Lipinski definition) is 3. The Morgan fingerprint density at radius 1 is 1.04 bits per heavy atom. The second-order valence-corrected chi connectivity index (χ2v) is 25.9. The lowest BCUT2D eigenvalue weighted by atomic mass is 9.83. The van der Waals surface area contributed by atoms with Crippen molar-refractivity contribution in [3.05, 3.63) is 75.3 Å². The summed E-state index contributed by atoms with van der Waals surface area (Å²) in [7, 11) is 8.81. The monoisotopic (exact) mass is 1210 g/mol. The molecule has 6 amide bonds. The zero-order chi connectivity index (χ0) is 60.7. The van der Waals surface area contributed by atoms with Crippen LogP contribution in [0.2, 0.25) is 5.02 Å². The highest BCUT2D eigenvalue weighted by atomic mass is 35.5. The van der Waals surface area contributed by atoms with Crippen LogP contribution in [-0.4, -0.2) is 156 Å². The molecule has 5 aliphatic rings. The van der Waals surface area contributed by atoms with Crippen LogP contribution in [0.1, 0.15) is 122 Å². The molecule has 0 unspecified atom stereocenters. The van der Waals surface area contributed by atoms with E-state index in [2.05, 4.69) is 15.8 Å². The summed E-state index contributed by atoms with van der Waals surface area (Å²) in [4.78, 5) is 112. The van der Waals surface area contributed by atoms with Crippen molar-refractivity contribution in [2.24, 2.45) is 11.0 Å². The Labute approximate surface area is 496 Å². The number of amides is 6. The molecular weight excluding hydrogens is 1140 g/mol. The van der Waals surface area contributed by atoms with Crippen LogP contribution in [0.15, 0.2) is 53.2 Å². The van der Waals surface area contributed by atoms with E-state index >= 15 is 0 Å². The molecule has 0 aromatic heterocycles. The van der Waals surface area contributed by atoms with Crippen molar-refractivity contribution in [2.45, 2.75) is 166 Å². The van der Waals surface area contributed by atoms with E-state index in [1.807, 2.05) is 45.9 Å². The number of hydrazone groups is 1. The van der Waals surface area contributed by atoms with Gasteiger partial charge in [0.2, 0.25) is 17.7 Å². The van der Waals surface area contributed by atoms with Crippen LogP contribution in [-0.2, 0) is 70.2 Å². The number of allylic oxidation sites excluding steroid dienone is 3. The van der Waals surface area contributed by atoms with Crippen LogP contribution in [0.4, 0.5) is 10.5 Å². The molecule has 25 heteroatoms. The Bertz CT molecular complexity index is 2940. The highest BCUT2D eigenvalue weighted by molar-refractivity contribution is 8.77. The largest absolute Gasteiger partial charge is 0.495 e. The summed E-state index contributed by atoms with van der Waals surface area (Å²) in [5.74, 6) is -2.93. The van der Waals surface area contributed by atoms with Crippen molar-refractivity contribution in [1.29, 1.82) is 0 Å². The molecule has 452 valence electrons. The molecule has 3 fully saturated rings. The van der Waals surface area contributed by atoms with E-state index in [1.165, 1.54) is 59.6 Å². The minimum atomic E-state index is -1.88. The molecule has 2 aromatic rings. The third-order valence-corrected chi connectivity index (χ3v) is 19.1. The molecule has 4 aliphatic heterocycles. The Balaban J connectivity index is 0.925. The number of carbonyl (C=O) groups excluding carboxylic acids is 8. The molecule has 0 saturated carbocycles. The number of nitrogens with zero attached hydrogens (tertiary/aromatic N) is 4. The molecule has 7 rings (SSSR count). The molecular formula is C58H75ClN6O16S2. The van der Waals surface area contributed by atoms with E-state index in [-0.39, 0.29) is 68.4 Å². The smallest absolute Gasteiger partial charge is 0.409 e. The van der Waals surface area contributed by atoms with Gasteiger partial charge in [0.15, 0.2) is 5.72 Å². The van der Waals surface area contributed by atoms with Gasteiger partial charge in [0.05, 0.1) is 44.1 Å². The average molecular weight is 1210 g/mol. The molecule has 2 aromatic carbocycles. The number of ether oxygens (including phenoxy) is 6. The number of methoxy groups -OCH3 is 2. The normalized spacial score (nSPS) is 26.4. The van der Waals surface area contributed by atoms with E-state index in [9.17, 15) is 43.5 Å². The van der Waals surface area contributed by atoms with Gasteiger partial charge in [-0.15, -0.1) is 5.06 Å². The van der Waals surface area contributed by atoms with Crippen LogP contribution in [0.5, 0.6) is 11.5 Å². The van der Waals surface area contributed by atoms with Gasteiger partial charge in [-0.3, -0.25) is 29.3 Å². The number of epoxide rings is 1. The van der Waals surface area contributed by atoms with Gasteiger partial charge in [-0.2, -0.15) is 5.10 Å². The first-order valence-corrected chi connectivity index (χ1v) is 30.2. The van der Waals surface area contributed by atoms with E-state index in [1.54, 1.807) is 45.2 Å². The van der Waals surface area contributed by atoms with Crippen LogP contribution >= 0.6 is 33.2 Å². The summed E-state index contributed by atoms with van der Waals surface area (Å²) in [6, 6.07) is 6.23. The number of esters is 1. The summed E-state index contributed by atoms with van der Waals surface area (Å²) in [6.07, 6.45) is 2.28. The summed E-state index contributed by atoms with van der Waals surface area (Å²) in [6.45, 7) is 12.9. The standard InChI is InChI=1S/C58H75ClN6O16S2/c1-32-14-12-15-43(76-11)58(74)30-42(78-55(73)60-58)34(3)53-57(7,80-53)44(29-49(70)64(9)40-26-36(24-32)27-41(75-10)52(40)59)79-54(72)35(4)63(8)46(67)21-23-82-83-56(5,6)31-45(66)62-61-39-18-17-37-28-38(25-33(2)51(37)39)77-22-13-16-50(71)81-65-47(68)19-20-48(65)69/h12,14-15,25-28,34-35,42-44,53,74H,13,16-24,29-31H2,1-11H3,(H,60,73)(H,62,66)/b15-12+,32-14+,61-39+/t34-,35+,42+,43-,44+,53+,57+,58+/m1/s1. The Kier molecular flexibility index (Phi) is 21.1. The van der Waals surface area contributed by atoms with E-state index in [4.69, 9.17) is 44.9 Å². The second-order valence-electron chi connectivity index (χ2n) is 22.4. The van der Waals surface area contributed by atoms with Crippen LogP contribution in [0.25, 0.3) is 0 Å². The first-order chi connectivity index (χ1) is 39.2. The maximum absolute atomic E-state index is 14.4. The van der Waals surface area contributed by atoms with Gasteiger partial charge in [-0.05, 0) is 108 Å². The molecule has 3 N–H and O–H groups in total. The molecule has 1 aliphatic carbocycles. The minimum absolute atomic E-state index is 0.0235. The van der Waals surface area contributed by atoms with Crippen molar-refractivity contribution in [1.82, 2.24) is 20.7 Å². The number of imide groups is 1. The SMILES string of the molecule is COc1cc2cc(c1Cl)N(C)C(=O)C[C@H](OC(=O)[C@H](C)N(C)C(=O)CCSSC(C)(C)CC(=O)N/N=C1\CCc3cc(OCCCC(=O)ON4C(=O)CCC4=O)cc(C)c31)[C@]1(C)O[C@H]1[C@H](C)[C@@H]1C[C@@](O)(NC(=O)O1)[C@H](OC)/C=C/C=C(\C)C2. The molecule has 4 bridgehead atoms. The summed E-state index contributed by atoms with van der Waals surface area (Å²) in [5, 5.41) is 19.6. The van der Waals surface area contributed by atoms with Gasteiger partial charge >= 0.3 is 18.0 Å². The first kappa shape index (κ1) is 64.4. The molecule has 8 atom stereocenters. The number of hydrogen-bond acceptors (Lipinski definition) is 19. The Morgan fingerprint density at radius 2 is 1.76 bits per heavy atom. The molecule has 83 heavy (non-hydrogen) atoms. The van der Waals surface area contributed by atoms with Gasteiger partial charge in [0.25, 0.3) is 11.8 Å². The van der Waals surface area contributed by atoms with Crippen molar-refractivity contribution < 1.29 is 76.7 Å². The van der Waals surface area contributed by atoms with Crippen molar-refractivity contribution in [2.75, 3.05) is 45.6 Å². The second kappa shape index (κ2) is 27.2. The number of benzene rings is 2.